The Kier molecular flexibility index (Phi) is 6.95. The molecular weight excluding hydrogens is 380 g/mol. The van der Waals surface area contributed by atoms with Crippen molar-refractivity contribution < 1.29 is 19.1 Å². The molecule has 0 bridgehead atoms. The van der Waals surface area contributed by atoms with Gasteiger partial charge in [0.2, 0.25) is 0 Å². The van der Waals surface area contributed by atoms with Gasteiger partial charge in [0, 0.05) is 17.8 Å². The van der Waals surface area contributed by atoms with Gasteiger partial charge in [-0.15, -0.1) is 0 Å². The van der Waals surface area contributed by atoms with E-state index in [1.165, 1.54) is 13.2 Å². The van der Waals surface area contributed by atoms with Crippen molar-refractivity contribution >= 4 is 23.6 Å². The molecule has 152 valence electrons. The molecule has 0 aliphatic carbocycles. The highest BCUT2D eigenvalue weighted by Crippen LogP contribution is 2.35. The number of ether oxygens (including phenoxy) is 2. The molecule has 0 radical (unpaired) electrons. The third-order valence-corrected chi connectivity index (χ3v) is 4.43. The Bertz CT molecular complexity index is 1030. The lowest BCUT2D eigenvalue weighted by Crippen LogP contribution is -2.32. The van der Waals surface area contributed by atoms with E-state index in [4.69, 9.17) is 9.47 Å². The second kappa shape index (κ2) is 10.0. The Morgan fingerprint density at radius 2 is 1.73 bits per heavy atom. The summed E-state index contributed by atoms with van der Waals surface area (Å²) in [6.07, 6.45) is 4.49. The number of carbonyl (C=O) groups is 2. The predicted octanol–water partition coefficient (Wildman–Crippen LogP) is 4.12. The van der Waals surface area contributed by atoms with Gasteiger partial charge in [0.1, 0.15) is 11.4 Å². The lowest BCUT2D eigenvalue weighted by molar-refractivity contribution is -0.134. The maximum atomic E-state index is 13.5. The molecule has 0 aliphatic rings. The molecule has 0 fully saturated rings. The van der Waals surface area contributed by atoms with Crippen LogP contribution in [0.15, 0.2) is 79.0 Å². The number of anilines is 1. The van der Waals surface area contributed by atoms with Crippen molar-refractivity contribution in [3.8, 4) is 5.75 Å². The molecule has 1 amide bonds. The number of pyridine rings is 1. The highest BCUT2D eigenvalue weighted by molar-refractivity contribution is 6.07. The van der Waals surface area contributed by atoms with E-state index in [0.717, 1.165) is 5.56 Å². The maximum absolute atomic E-state index is 13.5. The number of rotatable bonds is 7. The first kappa shape index (κ1) is 20.8. The SMILES string of the molecule is COC(=O)/C=C/c1cccc(OC)c1N(Cc1ccccc1)C(=O)c1ccccn1. The summed E-state index contributed by atoms with van der Waals surface area (Å²) >= 11 is 0. The van der Waals surface area contributed by atoms with Crippen molar-refractivity contribution in [3.05, 3.63) is 95.8 Å². The van der Waals surface area contributed by atoms with Crippen molar-refractivity contribution in [1.82, 2.24) is 4.98 Å². The zero-order chi connectivity index (χ0) is 21.3. The Hall–Kier alpha value is -3.93. The van der Waals surface area contributed by atoms with Crippen LogP contribution in [0.3, 0.4) is 0 Å². The minimum atomic E-state index is -0.491. The van der Waals surface area contributed by atoms with Gasteiger partial charge in [0.15, 0.2) is 0 Å². The van der Waals surface area contributed by atoms with Crippen LogP contribution in [0.4, 0.5) is 5.69 Å². The van der Waals surface area contributed by atoms with Crippen LogP contribution in [-0.2, 0) is 16.1 Å². The number of amides is 1. The number of methoxy groups -OCH3 is 2. The van der Waals surface area contributed by atoms with Gasteiger partial charge in [-0.1, -0.05) is 48.5 Å². The van der Waals surface area contributed by atoms with Crippen molar-refractivity contribution in [2.45, 2.75) is 6.54 Å². The first-order valence-electron chi connectivity index (χ1n) is 9.34. The normalized spacial score (nSPS) is 10.6. The molecule has 30 heavy (non-hydrogen) atoms. The molecule has 1 aromatic heterocycles. The summed E-state index contributed by atoms with van der Waals surface area (Å²) in [4.78, 5) is 30.9. The minimum Gasteiger partial charge on any atom is -0.495 e. The summed E-state index contributed by atoms with van der Waals surface area (Å²) < 4.78 is 10.3. The van der Waals surface area contributed by atoms with E-state index >= 15 is 0 Å². The van der Waals surface area contributed by atoms with Crippen LogP contribution >= 0.6 is 0 Å². The summed E-state index contributed by atoms with van der Waals surface area (Å²) in [7, 11) is 2.85. The topological polar surface area (TPSA) is 68.7 Å². The predicted molar refractivity (Wildman–Crippen MR) is 115 cm³/mol. The van der Waals surface area contributed by atoms with Gasteiger partial charge in [0.05, 0.1) is 26.5 Å². The minimum absolute atomic E-state index is 0.281. The van der Waals surface area contributed by atoms with Gasteiger partial charge in [-0.2, -0.15) is 0 Å². The number of hydrogen-bond acceptors (Lipinski definition) is 5. The van der Waals surface area contributed by atoms with E-state index in [9.17, 15) is 9.59 Å². The summed E-state index contributed by atoms with van der Waals surface area (Å²) in [5, 5.41) is 0. The van der Waals surface area contributed by atoms with Crippen LogP contribution < -0.4 is 9.64 Å². The third kappa shape index (κ3) is 4.91. The van der Waals surface area contributed by atoms with Crippen molar-refractivity contribution in [1.29, 1.82) is 0 Å². The first-order chi connectivity index (χ1) is 14.6. The fraction of sp³-hybridized carbons (Fsp3) is 0.125. The van der Waals surface area contributed by atoms with Gasteiger partial charge < -0.3 is 9.47 Å². The summed E-state index contributed by atoms with van der Waals surface area (Å²) in [6.45, 7) is 0.301. The molecule has 0 saturated carbocycles. The standard InChI is InChI=1S/C24H22N2O4/c1-29-21-13-8-11-19(14-15-22(27)30-2)23(21)26(17-18-9-4-3-5-10-18)24(28)20-12-6-7-16-25-20/h3-16H,17H2,1-2H3/b15-14+. The Balaban J connectivity index is 2.13. The first-order valence-corrected chi connectivity index (χ1v) is 9.34. The average Bonchev–Trinajstić information content (AvgIpc) is 2.81. The van der Waals surface area contributed by atoms with Gasteiger partial charge in [-0.25, -0.2) is 4.79 Å². The van der Waals surface area contributed by atoms with Gasteiger partial charge in [-0.3, -0.25) is 14.7 Å². The number of carbonyl (C=O) groups excluding carboxylic acids is 2. The number of aromatic nitrogens is 1. The lowest BCUT2D eigenvalue weighted by atomic mass is 10.1. The molecule has 0 atom stereocenters. The van der Waals surface area contributed by atoms with E-state index < -0.39 is 5.97 Å². The van der Waals surface area contributed by atoms with Crippen molar-refractivity contribution in [3.63, 3.8) is 0 Å². The zero-order valence-corrected chi connectivity index (χ0v) is 16.8. The van der Waals surface area contributed by atoms with Crippen molar-refractivity contribution in [2.75, 3.05) is 19.1 Å². The molecule has 0 N–H and O–H groups in total. The smallest absolute Gasteiger partial charge is 0.330 e. The fourth-order valence-corrected chi connectivity index (χ4v) is 3.00. The molecule has 2 aromatic carbocycles. The van der Waals surface area contributed by atoms with Crippen LogP contribution in [0.1, 0.15) is 21.6 Å². The third-order valence-electron chi connectivity index (χ3n) is 4.43. The van der Waals surface area contributed by atoms with Crippen molar-refractivity contribution in [2.24, 2.45) is 0 Å². The monoisotopic (exact) mass is 402 g/mol. The molecule has 3 rings (SSSR count). The Morgan fingerprint density at radius 3 is 2.40 bits per heavy atom. The number of para-hydroxylation sites is 1. The van der Waals surface area contributed by atoms with E-state index in [2.05, 4.69) is 4.98 Å². The number of nitrogens with zero attached hydrogens (tertiary/aromatic N) is 2. The number of esters is 1. The molecule has 6 heteroatoms. The zero-order valence-electron chi connectivity index (χ0n) is 16.8. The molecule has 0 spiro atoms. The average molecular weight is 402 g/mol. The van der Waals surface area contributed by atoms with Crippen LogP contribution in [0.25, 0.3) is 6.08 Å². The highest BCUT2D eigenvalue weighted by Gasteiger charge is 2.24. The Morgan fingerprint density at radius 1 is 0.967 bits per heavy atom. The Labute approximate surface area is 175 Å². The largest absolute Gasteiger partial charge is 0.495 e. The summed E-state index contributed by atoms with van der Waals surface area (Å²) in [5.41, 5.74) is 2.43. The quantitative estimate of drug-likeness (QED) is 0.439. The highest BCUT2D eigenvalue weighted by atomic mass is 16.5. The van der Waals surface area contributed by atoms with E-state index in [0.29, 0.717) is 29.2 Å². The maximum Gasteiger partial charge on any atom is 0.330 e. The van der Waals surface area contributed by atoms with E-state index in [1.807, 2.05) is 30.3 Å². The second-order valence-electron chi connectivity index (χ2n) is 6.35. The van der Waals surface area contributed by atoms with E-state index in [-0.39, 0.29) is 5.91 Å². The molecule has 0 unspecified atom stereocenters. The lowest BCUT2D eigenvalue weighted by Gasteiger charge is -2.26. The number of benzene rings is 2. The molecule has 0 aliphatic heterocycles. The fourth-order valence-electron chi connectivity index (χ4n) is 3.00. The molecule has 6 nitrogen and oxygen atoms in total. The van der Waals surface area contributed by atoms with Crippen LogP contribution in [0, 0.1) is 0 Å². The number of hydrogen-bond donors (Lipinski definition) is 0. The van der Waals surface area contributed by atoms with Gasteiger partial charge in [-0.05, 0) is 29.8 Å². The molecule has 0 saturated heterocycles. The summed E-state index contributed by atoms with van der Waals surface area (Å²) in [5.74, 6) is -0.270. The van der Waals surface area contributed by atoms with Crippen LogP contribution in [0.2, 0.25) is 0 Å². The molecular formula is C24H22N2O4. The van der Waals surface area contributed by atoms with Crippen LogP contribution in [0.5, 0.6) is 5.75 Å². The second-order valence-corrected chi connectivity index (χ2v) is 6.35. The van der Waals surface area contributed by atoms with E-state index in [1.54, 1.807) is 60.7 Å². The molecule has 3 aromatic rings. The van der Waals surface area contributed by atoms with Gasteiger partial charge >= 0.3 is 5.97 Å². The van der Waals surface area contributed by atoms with Crippen LogP contribution in [-0.4, -0.2) is 31.1 Å². The van der Waals surface area contributed by atoms with Gasteiger partial charge in [0.25, 0.3) is 5.91 Å². The molecule has 1 heterocycles. The summed E-state index contributed by atoms with van der Waals surface area (Å²) in [6, 6.07) is 20.2.